The van der Waals surface area contributed by atoms with Gasteiger partial charge in [0.25, 0.3) is 0 Å². The molecule has 2 heterocycles. The first-order valence-electron chi connectivity index (χ1n) is 7.29. The molecule has 23 heavy (non-hydrogen) atoms. The molecule has 1 aliphatic rings. The van der Waals surface area contributed by atoms with Gasteiger partial charge in [0, 0.05) is 49.6 Å². The van der Waals surface area contributed by atoms with Crippen LogP contribution in [0.25, 0.3) is 0 Å². The van der Waals surface area contributed by atoms with Gasteiger partial charge in [-0.1, -0.05) is 24.1 Å². The minimum absolute atomic E-state index is 0.0950. The summed E-state index contributed by atoms with van der Waals surface area (Å²) in [6, 6.07) is 7.89. The molecular formula is C17H17N3O2S. The summed E-state index contributed by atoms with van der Waals surface area (Å²) in [5, 5.41) is -0.0950. The Morgan fingerprint density at radius 3 is 2.87 bits per heavy atom. The van der Waals surface area contributed by atoms with Gasteiger partial charge < -0.3 is 0 Å². The number of hydrogen-bond acceptors (Lipinski definition) is 5. The van der Waals surface area contributed by atoms with Crippen molar-refractivity contribution in [2.45, 2.75) is 24.7 Å². The van der Waals surface area contributed by atoms with Crippen molar-refractivity contribution in [2.75, 3.05) is 12.8 Å². The van der Waals surface area contributed by atoms with Crippen LogP contribution in [0.1, 0.15) is 22.4 Å². The highest BCUT2D eigenvalue weighted by molar-refractivity contribution is 7.90. The van der Waals surface area contributed by atoms with Crippen LogP contribution >= 0.6 is 0 Å². The normalized spacial score (nSPS) is 15.0. The van der Waals surface area contributed by atoms with Crippen LogP contribution in [0.3, 0.4) is 0 Å². The second kappa shape index (κ2) is 6.11. The van der Waals surface area contributed by atoms with Gasteiger partial charge in [0.05, 0.1) is 5.69 Å². The van der Waals surface area contributed by atoms with Crippen LogP contribution in [0.2, 0.25) is 0 Å². The Bertz CT molecular complexity index is 885. The van der Waals surface area contributed by atoms with Crippen LogP contribution < -0.4 is 0 Å². The highest BCUT2D eigenvalue weighted by Gasteiger charge is 2.21. The lowest BCUT2D eigenvalue weighted by Crippen LogP contribution is -2.31. The number of hydrogen-bond donors (Lipinski definition) is 0. The molecule has 1 aromatic carbocycles. The van der Waals surface area contributed by atoms with Crippen molar-refractivity contribution in [1.82, 2.24) is 14.9 Å². The van der Waals surface area contributed by atoms with Crippen LogP contribution in [0.4, 0.5) is 0 Å². The van der Waals surface area contributed by atoms with Gasteiger partial charge in [-0.15, -0.1) is 6.42 Å². The molecule has 0 fully saturated rings. The Balaban J connectivity index is 1.80. The fourth-order valence-corrected chi connectivity index (χ4v) is 3.23. The van der Waals surface area contributed by atoms with Gasteiger partial charge in [-0.05, 0) is 11.6 Å². The van der Waals surface area contributed by atoms with Crippen molar-refractivity contribution >= 4 is 9.84 Å². The van der Waals surface area contributed by atoms with Gasteiger partial charge >= 0.3 is 0 Å². The first kappa shape index (κ1) is 15.7. The third kappa shape index (κ3) is 3.41. The van der Waals surface area contributed by atoms with E-state index in [-0.39, 0.29) is 5.16 Å². The Kier molecular flexibility index (Phi) is 4.16. The summed E-state index contributed by atoms with van der Waals surface area (Å²) in [5.74, 6) is 2.71. The maximum Gasteiger partial charge on any atom is 0.246 e. The molecule has 118 valence electrons. The van der Waals surface area contributed by atoms with E-state index in [1.165, 1.54) is 0 Å². The largest absolute Gasteiger partial charge is 0.294 e. The average Bonchev–Trinajstić information content (AvgIpc) is 2.54. The molecule has 3 rings (SSSR count). The van der Waals surface area contributed by atoms with Gasteiger partial charge in [0.15, 0.2) is 0 Å². The summed E-state index contributed by atoms with van der Waals surface area (Å²) in [5.41, 5.74) is 3.82. The molecule has 0 N–H and O–H groups in total. The smallest absolute Gasteiger partial charge is 0.246 e. The SMILES string of the molecule is C#Cc1ccccc1CN1CCc2nc(S(C)(=O)=O)ncc2C1. The molecule has 0 atom stereocenters. The Morgan fingerprint density at radius 2 is 2.13 bits per heavy atom. The number of nitrogens with zero attached hydrogens (tertiary/aromatic N) is 3. The van der Waals surface area contributed by atoms with Gasteiger partial charge in [-0.3, -0.25) is 4.90 Å². The van der Waals surface area contributed by atoms with Crippen LogP contribution in [0, 0.1) is 12.3 Å². The van der Waals surface area contributed by atoms with Gasteiger partial charge in [-0.2, -0.15) is 0 Å². The number of fused-ring (bicyclic) bond motifs is 1. The lowest BCUT2D eigenvalue weighted by Gasteiger charge is -2.28. The molecule has 0 bridgehead atoms. The highest BCUT2D eigenvalue weighted by Crippen LogP contribution is 2.20. The van der Waals surface area contributed by atoms with Crippen molar-refractivity contribution in [3.63, 3.8) is 0 Å². The molecule has 0 radical (unpaired) electrons. The number of sulfone groups is 1. The molecular weight excluding hydrogens is 310 g/mol. The second-order valence-electron chi connectivity index (χ2n) is 5.66. The van der Waals surface area contributed by atoms with Gasteiger partial charge in [0.2, 0.25) is 15.0 Å². The molecule has 0 saturated heterocycles. The monoisotopic (exact) mass is 327 g/mol. The third-order valence-corrected chi connectivity index (χ3v) is 4.75. The zero-order chi connectivity index (χ0) is 16.4. The molecule has 2 aromatic rings. The summed E-state index contributed by atoms with van der Waals surface area (Å²) < 4.78 is 23.1. The fourth-order valence-electron chi connectivity index (χ4n) is 2.71. The lowest BCUT2D eigenvalue weighted by molar-refractivity contribution is 0.242. The molecule has 1 aromatic heterocycles. The summed E-state index contributed by atoms with van der Waals surface area (Å²) in [6.07, 6.45) is 9.00. The molecule has 0 saturated carbocycles. The Labute approximate surface area is 136 Å². The van der Waals surface area contributed by atoms with Gasteiger partial charge in [0.1, 0.15) is 0 Å². The van der Waals surface area contributed by atoms with Crippen molar-refractivity contribution in [3.8, 4) is 12.3 Å². The number of rotatable bonds is 3. The Morgan fingerprint density at radius 1 is 1.35 bits per heavy atom. The lowest BCUT2D eigenvalue weighted by atomic mass is 10.0. The van der Waals surface area contributed by atoms with E-state index in [0.717, 1.165) is 41.7 Å². The maximum absolute atomic E-state index is 11.5. The summed E-state index contributed by atoms with van der Waals surface area (Å²) in [6.45, 7) is 2.26. The quantitative estimate of drug-likeness (QED) is 0.630. The molecule has 0 unspecified atom stereocenters. The molecule has 0 aliphatic carbocycles. The van der Waals surface area contributed by atoms with Crippen molar-refractivity contribution in [3.05, 3.63) is 52.8 Å². The topological polar surface area (TPSA) is 63.2 Å². The van der Waals surface area contributed by atoms with E-state index in [9.17, 15) is 8.42 Å². The molecule has 0 amide bonds. The molecule has 5 nitrogen and oxygen atoms in total. The van der Waals surface area contributed by atoms with Gasteiger partial charge in [-0.25, -0.2) is 18.4 Å². The summed E-state index contributed by atoms with van der Waals surface area (Å²) in [4.78, 5) is 10.4. The predicted octanol–water partition coefficient (Wildman–Crippen LogP) is 1.42. The van der Waals surface area contributed by atoms with E-state index in [0.29, 0.717) is 13.0 Å². The average molecular weight is 327 g/mol. The van der Waals surface area contributed by atoms with Crippen LogP contribution in [-0.4, -0.2) is 36.1 Å². The van der Waals surface area contributed by atoms with Crippen molar-refractivity contribution in [1.29, 1.82) is 0 Å². The zero-order valence-electron chi connectivity index (χ0n) is 12.9. The van der Waals surface area contributed by atoms with Crippen LogP contribution in [-0.2, 0) is 29.3 Å². The Hall–Kier alpha value is -2.23. The number of benzene rings is 1. The summed E-state index contributed by atoms with van der Waals surface area (Å²) in [7, 11) is -3.37. The fraction of sp³-hybridized carbons (Fsp3) is 0.294. The standard InChI is InChI=1S/C17H17N3O2S/c1-3-13-6-4-5-7-14(13)11-20-9-8-16-15(12-20)10-18-17(19-16)23(2,21)22/h1,4-7,10H,8-9,11-12H2,2H3. The van der Waals surface area contributed by atoms with E-state index < -0.39 is 9.84 Å². The van der Waals surface area contributed by atoms with Crippen molar-refractivity contribution in [2.24, 2.45) is 0 Å². The second-order valence-corrected chi connectivity index (χ2v) is 7.57. The van der Waals surface area contributed by atoms with E-state index in [2.05, 4.69) is 20.8 Å². The summed E-state index contributed by atoms with van der Waals surface area (Å²) >= 11 is 0. The highest BCUT2D eigenvalue weighted by atomic mass is 32.2. The van der Waals surface area contributed by atoms with E-state index in [4.69, 9.17) is 6.42 Å². The first-order valence-corrected chi connectivity index (χ1v) is 9.18. The number of terminal acetylenes is 1. The zero-order valence-corrected chi connectivity index (χ0v) is 13.7. The van der Waals surface area contributed by atoms with E-state index in [1.807, 2.05) is 24.3 Å². The predicted molar refractivity (Wildman–Crippen MR) is 87.3 cm³/mol. The number of aromatic nitrogens is 2. The molecule has 6 heteroatoms. The van der Waals surface area contributed by atoms with Crippen molar-refractivity contribution < 1.29 is 8.42 Å². The van der Waals surface area contributed by atoms with E-state index >= 15 is 0 Å². The van der Waals surface area contributed by atoms with Crippen LogP contribution in [0.5, 0.6) is 0 Å². The van der Waals surface area contributed by atoms with Crippen LogP contribution in [0.15, 0.2) is 35.6 Å². The third-order valence-electron chi connectivity index (χ3n) is 3.89. The van der Waals surface area contributed by atoms with E-state index in [1.54, 1.807) is 6.20 Å². The minimum atomic E-state index is -3.37. The molecule has 0 spiro atoms. The molecule has 1 aliphatic heterocycles. The minimum Gasteiger partial charge on any atom is -0.294 e. The maximum atomic E-state index is 11.5. The first-order chi connectivity index (χ1) is 11.0.